The fourth-order valence-electron chi connectivity index (χ4n) is 4.09. The summed E-state index contributed by atoms with van der Waals surface area (Å²) in [5.41, 5.74) is 0.574. The largest absolute Gasteiger partial charge is 0.478 e. The molecule has 2 atom stereocenters. The van der Waals surface area contributed by atoms with Crippen LogP contribution in [0, 0.1) is 0 Å². The number of benzene rings is 3. The molecular formula is C24H23Cl2N3O6S2. The molecule has 0 bridgehead atoms. The summed E-state index contributed by atoms with van der Waals surface area (Å²) in [6, 6.07) is 16.2. The number of aromatic carboxylic acids is 1. The maximum atomic E-state index is 13.5. The molecule has 3 aromatic rings. The van der Waals surface area contributed by atoms with Crippen molar-refractivity contribution in [1.82, 2.24) is 9.03 Å². The Morgan fingerprint density at radius 2 is 1.51 bits per heavy atom. The summed E-state index contributed by atoms with van der Waals surface area (Å²) in [6.45, 7) is 0.0222. The third-order valence-corrected chi connectivity index (χ3v) is 9.85. The van der Waals surface area contributed by atoms with Gasteiger partial charge < -0.3 is 10.4 Å². The molecule has 1 heterocycles. The van der Waals surface area contributed by atoms with Crippen LogP contribution in [-0.2, 0) is 20.0 Å². The number of halogens is 2. The van der Waals surface area contributed by atoms with Gasteiger partial charge in [-0.1, -0.05) is 29.3 Å². The molecule has 1 fully saturated rings. The summed E-state index contributed by atoms with van der Waals surface area (Å²) in [4.78, 5) is 11.3. The molecule has 0 radical (unpaired) electrons. The number of carboxylic acid groups (broad SMARTS) is 1. The van der Waals surface area contributed by atoms with Crippen molar-refractivity contribution in [2.75, 3.05) is 18.4 Å². The number of sulfonamides is 2. The highest BCUT2D eigenvalue weighted by molar-refractivity contribution is 7.89. The molecule has 0 spiro atoms. The Hall–Kier alpha value is -2.67. The molecule has 3 N–H and O–H groups in total. The van der Waals surface area contributed by atoms with Gasteiger partial charge in [0.15, 0.2) is 0 Å². The number of carbonyl (C=O) groups is 1. The van der Waals surface area contributed by atoms with E-state index in [0.717, 1.165) is 0 Å². The van der Waals surface area contributed by atoms with Crippen molar-refractivity contribution in [3.8, 4) is 0 Å². The predicted molar refractivity (Wildman–Crippen MR) is 141 cm³/mol. The number of rotatable bonds is 9. The van der Waals surface area contributed by atoms with Gasteiger partial charge in [-0.3, -0.25) is 0 Å². The average molecular weight is 585 g/mol. The number of hydrogen-bond donors (Lipinski definition) is 3. The molecule has 0 unspecified atom stereocenters. The Bertz CT molecular complexity index is 1500. The summed E-state index contributed by atoms with van der Waals surface area (Å²) < 4.78 is 56.8. The summed E-state index contributed by atoms with van der Waals surface area (Å²) in [5.74, 6) is -1.09. The number of anilines is 1. The summed E-state index contributed by atoms with van der Waals surface area (Å²) in [6.07, 6.45) is 0.186. The zero-order valence-electron chi connectivity index (χ0n) is 19.2. The minimum absolute atomic E-state index is 0.0102. The van der Waals surface area contributed by atoms with Crippen LogP contribution in [0.4, 0.5) is 5.69 Å². The molecule has 1 aliphatic heterocycles. The molecule has 37 heavy (non-hydrogen) atoms. The standard InChI is InChI=1S/C24H23Cl2N3O6S2/c25-17-4-8-22(9-5-17)36(32,33)28-20-13-21(14-27-19-3-1-2-16(12-19)24(30)31)29(15-20)37(34,35)23-10-6-18(26)7-11-23/h1-12,20-21,27-28H,13-15H2,(H,30,31)/t20-,21+/m1/s1. The molecule has 13 heteroatoms. The molecule has 0 amide bonds. The van der Waals surface area contributed by atoms with Gasteiger partial charge in [0.05, 0.1) is 15.4 Å². The van der Waals surface area contributed by atoms with Crippen LogP contribution >= 0.6 is 23.2 Å². The lowest BCUT2D eigenvalue weighted by Gasteiger charge is -2.24. The topological polar surface area (TPSA) is 133 Å². The smallest absolute Gasteiger partial charge is 0.335 e. The van der Waals surface area contributed by atoms with Crippen molar-refractivity contribution in [3.05, 3.63) is 88.4 Å². The average Bonchev–Trinajstić information content (AvgIpc) is 3.26. The van der Waals surface area contributed by atoms with E-state index in [1.165, 1.54) is 65.0 Å². The van der Waals surface area contributed by atoms with Crippen LogP contribution in [-0.4, -0.2) is 57.4 Å². The zero-order chi connectivity index (χ0) is 26.8. The molecule has 3 aromatic carbocycles. The molecule has 4 rings (SSSR count). The quantitative estimate of drug-likeness (QED) is 0.347. The summed E-state index contributed by atoms with van der Waals surface area (Å²) in [7, 11) is -7.94. The fourth-order valence-corrected chi connectivity index (χ4v) is 7.26. The minimum atomic E-state index is -4.00. The maximum Gasteiger partial charge on any atom is 0.335 e. The molecule has 0 aromatic heterocycles. The third-order valence-electron chi connectivity index (χ3n) is 5.88. The Morgan fingerprint density at radius 3 is 2.11 bits per heavy atom. The van der Waals surface area contributed by atoms with Crippen LogP contribution in [0.15, 0.2) is 82.6 Å². The van der Waals surface area contributed by atoms with E-state index in [9.17, 15) is 26.7 Å². The van der Waals surface area contributed by atoms with Gasteiger partial charge in [-0.15, -0.1) is 0 Å². The molecule has 196 valence electrons. The van der Waals surface area contributed by atoms with Crippen LogP contribution in [0.25, 0.3) is 0 Å². The van der Waals surface area contributed by atoms with Gasteiger partial charge in [-0.2, -0.15) is 4.31 Å². The second-order valence-corrected chi connectivity index (χ2v) is 12.9. The Kier molecular flexibility index (Phi) is 8.12. The van der Waals surface area contributed by atoms with Crippen LogP contribution in [0.3, 0.4) is 0 Å². The monoisotopic (exact) mass is 583 g/mol. The highest BCUT2D eigenvalue weighted by atomic mass is 35.5. The van der Waals surface area contributed by atoms with Gasteiger partial charge >= 0.3 is 5.97 Å². The lowest BCUT2D eigenvalue weighted by Crippen LogP contribution is -2.41. The number of carboxylic acids is 1. The van der Waals surface area contributed by atoms with Crippen LogP contribution in [0.5, 0.6) is 0 Å². The zero-order valence-corrected chi connectivity index (χ0v) is 22.4. The molecule has 1 aliphatic rings. The van der Waals surface area contributed by atoms with Crippen molar-refractivity contribution >= 4 is 54.9 Å². The Morgan fingerprint density at radius 1 is 0.919 bits per heavy atom. The van der Waals surface area contributed by atoms with E-state index in [1.54, 1.807) is 12.1 Å². The second kappa shape index (κ2) is 11.0. The van der Waals surface area contributed by atoms with Gasteiger partial charge in [0, 0.05) is 40.9 Å². The first kappa shape index (κ1) is 27.4. The summed E-state index contributed by atoms with van der Waals surface area (Å²) >= 11 is 11.8. The Balaban J connectivity index is 1.59. The highest BCUT2D eigenvalue weighted by Crippen LogP contribution is 2.29. The van der Waals surface area contributed by atoms with E-state index in [4.69, 9.17) is 23.2 Å². The van der Waals surface area contributed by atoms with E-state index >= 15 is 0 Å². The fraction of sp³-hybridized carbons (Fsp3) is 0.208. The molecule has 0 saturated carbocycles. The van der Waals surface area contributed by atoms with Crippen molar-refractivity contribution < 1.29 is 26.7 Å². The third kappa shape index (κ3) is 6.43. The van der Waals surface area contributed by atoms with Gasteiger partial charge in [-0.05, 0) is 73.2 Å². The normalized spacial score (nSPS) is 18.5. The van der Waals surface area contributed by atoms with Gasteiger partial charge in [0.1, 0.15) is 0 Å². The van der Waals surface area contributed by atoms with Crippen LogP contribution in [0.1, 0.15) is 16.8 Å². The van der Waals surface area contributed by atoms with Gasteiger partial charge in [-0.25, -0.2) is 26.4 Å². The second-order valence-electron chi connectivity index (χ2n) is 8.46. The number of nitrogens with zero attached hydrogens (tertiary/aromatic N) is 1. The van der Waals surface area contributed by atoms with Crippen molar-refractivity contribution in [1.29, 1.82) is 0 Å². The predicted octanol–water partition coefficient (Wildman–Crippen LogP) is 3.91. The van der Waals surface area contributed by atoms with Gasteiger partial charge in [0.2, 0.25) is 20.0 Å². The van der Waals surface area contributed by atoms with Gasteiger partial charge in [0.25, 0.3) is 0 Å². The SMILES string of the molecule is O=C(O)c1cccc(NC[C@@H]2C[C@@H](NS(=O)(=O)c3ccc(Cl)cc3)CN2S(=O)(=O)c2ccc(Cl)cc2)c1. The molecule has 0 aliphatic carbocycles. The van der Waals surface area contributed by atoms with Crippen molar-refractivity contribution in [3.63, 3.8) is 0 Å². The minimum Gasteiger partial charge on any atom is -0.478 e. The highest BCUT2D eigenvalue weighted by Gasteiger charge is 2.41. The van der Waals surface area contributed by atoms with E-state index in [2.05, 4.69) is 10.0 Å². The first-order valence-corrected chi connectivity index (χ1v) is 14.8. The number of hydrogen-bond acceptors (Lipinski definition) is 6. The van der Waals surface area contributed by atoms with Crippen molar-refractivity contribution in [2.45, 2.75) is 28.3 Å². The lowest BCUT2D eigenvalue weighted by atomic mass is 10.1. The van der Waals surface area contributed by atoms with Crippen molar-refractivity contribution in [2.24, 2.45) is 0 Å². The van der Waals surface area contributed by atoms with E-state index in [0.29, 0.717) is 15.7 Å². The van der Waals surface area contributed by atoms with E-state index < -0.39 is 38.1 Å². The van der Waals surface area contributed by atoms with E-state index in [1.807, 2.05) is 0 Å². The molecule has 9 nitrogen and oxygen atoms in total. The molecule has 1 saturated heterocycles. The summed E-state index contributed by atoms with van der Waals surface area (Å²) in [5, 5.41) is 13.1. The van der Waals surface area contributed by atoms with E-state index in [-0.39, 0.29) is 34.9 Å². The number of nitrogens with one attached hydrogen (secondary N) is 2. The van der Waals surface area contributed by atoms with Crippen LogP contribution in [0.2, 0.25) is 10.0 Å². The first-order chi connectivity index (χ1) is 17.5. The lowest BCUT2D eigenvalue weighted by molar-refractivity contribution is 0.0697. The molecular weight excluding hydrogens is 561 g/mol. The van der Waals surface area contributed by atoms with Crippen LogP contribution < -0.4 is 10.0 Å². The Labute approximate surface area is 225 Å². The first-order valence-electron chi connectivity index (χ1n) is 11.1. The maximum absolute atomic E-state index is 13.5.